The molecular formula is C18H29N3O5. The van der Waals surface area contributed by atoms with Gasteiger partial charge in [-0.15, -0.1) is 0 Å². The molecule has 4 amide bonds. The van der Waals surface area contributed by atoms with Gasteiger partial charge in [-0.05, 0) is 47.5 Å². The fourth-order valence-electron chi connectivity index (χ4n) is 3.87. The van der Waals surface area contributed by atoms with Crippen molar-refractivity contribution in [2.24, 2.45) is 0 Å². The van der Waals surface area contributed by atoms with Crippen molar-refractivity contribution in [3.8, 4) is 0 Å². The molecule has 2 fully saturated rings. The summed E-state index contributed by atoms with van der Waals surface area (Å²) < 4.78 is 5.20. The topological polar surface area (TPSA) is 96.0 Å². The first-order valence-electron chi connectivity index (χ1n) is 9.25. The molecule has 1 atom stereocenters. The molecule has 1 saturated carbocycles. The maximum absolute atomic E-state index is 12.5. The van der Waals surface area contributed by atoms with Gasteiger partial charge in [0.25, 0.3) is 11.8 Å². The second-order valence-corrected chi connectivity index (χ2v) is 7.68. The first kappa shape index (κ1) is 20.2. The van der Waals surface area contributed by atoms with E-state index < -0.39 is 30.2 Å². The summed E-state index contributed by atoms with van der Waals surface area (Å²) in [6.45, 7) is 8.58. The van der Waals surface area contributed by atoms with Crippen LogP contribution in [0.25, 0.3) is 0 Å². The van der Waals surface area contributed by atoms with Crippen molar-refractivity contribution in [3.63, 3.8) is 0 Å². The third-order valence-corrected chi connectivity index (χ3v) is 5.01. The van der Waals surface area contributed by atoms with Crippen LogP contribution in [0.3, 0.4) is 0 Å². The third-order valence-electron chi connectivity index (χ3n) is 5.01. The van der Waals surface area contributed by atoms with E-state index in [1.54, 1.807) is 4.90 Å². The second kappa shape index (κ2) is 7.63. The number of amides is 4. The number of imide groups is 1. The Bertz CT molecular complexity index is 588. The van der Waals surface area contributed by atoms with Crippen molar-refractivity contribution in [2.45, 2.75) is 84.0 Å². The lowest BCUT2D eigenvalue weighted by molar-refractivity contribution is -0.162. The summed E-state index contributed by atoms with van der Waals surface area (Å²) in [5, 5.41) is 2.71. The molecule has 0 aromatic heterocycles. The number of hydrogen-bond donors (Lipinski definition) is 1. The molecule has 26 heavy (non-hydrogen) atoms. The molecule has 1 spiro atoms. The van der Waals surface area contributed by atoms with E-state index >= 15 is 0 Å². The molecule has 0 radical (unpaired) electrons. The van der Waals surface area contributed by atoms with Gasteiger partial charge in [-0.3, -0.25) is 19.3 Å². The Labute approximate surface area is 154 Å². The van der Waals surface area contributed by atoms with Crippen LogP contribution in [0.15, 0.2) is 0 Å². The van der Waals surface area contributed by atoms with Crippen molar-refractivity contribution in [1.82, 2.24) is 15.1 Å². The van der Waals surface area contributed by atoms with Crippen molar-refractivity contribution in [1.29, 1.82) is 0 Å². The molecule has 8 nitrogen and oxygen atoms in total. The molecule has 0 aromatic rings. The average molecular weight is 367 g/mol. The van der Waals surface area contributed by atoms with E-state index in [0.29, 0.717) is 12.8 Å². The molecule has 1 aliphatic carbocycles. The first-order valence-corrected chi connectivity index (χ1v) is 9.25. The summed E-state index contributed by atoms with van der Waals surface area (Å²) in [6, 6.07) is -0.632. The van der Waals surface area contributed by atoms with Crippen LogP contribution in [0.4, 0.5) is 4.79 Å². The summed E-state index contributed by atoms with van der Waals surface area (Å²) >= 11 is 0. The number of hydrogen-bond acceptors (Lipinski definition) is 5. The molecule has 1 N–H and O–H groups in total. The lowest BCUT2D eigenvalue weighted by atomic mass is 9.98. The lowest BCUT2D eigenvalue weighted by Gasteiger charge is -2.32. The van der Waals surface area contributed by atoms with Crippen LogP contribution in [0.5, 0.6) is 0 Å². The number of nitrogens with zero attached hydrogens (tertiary/aromatic N) is 2. The minimum Gasteiger partial charge on any atom is -0.451 e. The molecule has 2 rings (SSSR count). The fraction of sp³-hybridized carbons (Fsp3) is 0.778. The van der Waals surface area contributed by atoms with Gasteiger partial charge in [0.15, 0.2) is 6.10 Å². The van der Waals surface area contributed by atoms with Crippen LogP contribution in [-0.2, 0) is 19.1 Å². The highest BCUT2D eigenvalue weighted by Crippen LogP contribution is 2.34. The van der Waals surface area contributed by atoms with Gasteiger partial charge in [0.05, 0.1) is 0 Å². The Kier molecular flexibility index (Phi) is 5.93. The number of ether oxygens (including phenoxy) is 1. The van der Waals surface area contributed by atoms with Crippen LogP contribution >= 0.6 is 0 Å². The third kappa shape index (κ3) is 3.83. The number of rotatable bonds is 6. The highest BCUT2D eigenvalue weighted by Gasteiger charge is 2.52. The minimum atomic E-state index is -0.978. The maximum Gasteiger partial charge on any atom is 0.327 e. The highest BCUT2D eigenvalue weighted by atomic mass is 16.5. The Hall–Kier alpha value is -2.12. The zero-order valence-electron chi connectivity index (χ0n) is 16.2. The molecule has 1 aliphatic heterocycles. The first-order chi connectivity index (χ1) is 12.1. The molecule has 1 heterocycles. The monoisotopic (exact) mass is 367 g/mol. The van der Waals surface area contributed by atoms with E-state index in [-0.39, 0.29) is 23.9 Å². The van der Waals surface area contributed by atoms with E-state index in [9.17, 15) is 19.2 Å². The van der Waals surface area contributed by atoms with Gasteiger partial charge < -0.3 is 15.0 Å². The number of urea groups is 1. The smallest absolute Gasteiger partial charge is 0.327 e. The van der Waals surface area contributed by atoms with Crippen molar-refractivity contribution in [2.75, 3.05) is 6.54 Å². The fourth-order valence-corrected chi connectivity index (χ4v) is 3.87. The lowest BCUT2D eigenvalue weighted by Crippen LogP contribution is -2.48. The maximum atomic E-state index is 12.5. The van der Waals surface area contributed by atoms with Gasteiger partial charge in [-0.2, -0.15) is 0 Å². The molecule has 2 aliphatic rings. The summed E-state index contributed by atoms with van der Waals surface area (Å²) in [4.78, 5) is 51.9. The Morgan fingerprint density at radius 3 is 2.15 bits per heavy atom. The average Bonchev–Trinajstić information content (AvgIpc) is 3.08. The van der Waals surface area contributed by atoms with Gasteiger partial charge in [-0.25, -0.2) is 4.79 Å². The van der Waals surface area contributed by atoms with Gasteiger partial charge in [0, 0.05) is 12.1 Å². The van der Waals surface area contributed by atoms with Gasteiger partial charge in [-0.1, -0.05) is 12.8 Å². The van der Waals surface area contributed by atoms with Crippen LogP contribution in [0.2, 0.25) is 0 Å². The number of carbonyl (C=O) groups is 4. The van der Waals surface area contributed by atoms with Crippen LogP contribution < -0.4 is 5.32 Å². The number of esters is 1. The van der Waals surface area contributed by atoms with Gasteiger partial charge >= 0.3 is 12.0 Å². The van der Waals surface area contributed by atoms with E-state index in [4.69, 9.17) is 4.74 Å². The molecule has 1 saturated heterocycles. The predicted molar refractivity (Wildman–Crippen MR) is 94.1 cm³/mol. The van der Waals surface area contributed by atoms with Crippen LogP contribution in [0.1, 0.15) is 60.3 Å². The Morgan fingerprint density at radius 1 is 1.12 bits per heavy atom. The van der Waals surface area contributed by atoms with Gasteiger partial charge in [0.2, 0.25) is 0 Å². The van der Waals surface area contributed by atoms with Gasteiger partial charge in [0.1, 0.15) is 12.1 Å². The normalized spacial score (nSPS) is 20.0. The predicted octanol–water partition coefficient (Wildman–Crippen LogP) is 1.43. The van der Waals surface area contributed by atoms with Crippen molar-refractivity contribution < 1.29 is 23.9 Å². The molecule has 8 heteroatoms. The van der Waals surface area contributed by atoms with Crippen LogP contribution in [0, 0.1) is 0 Å². The minimum absolute atomic E-state index is 0.0307. The molecule has 0 aromatic carbocycles. The SMILES string of the molecule is CC(C)N(C(=O)[C@H](C)OC(=O)CN1C(=O)NC2(CCCC2)C1=O)C(C)C. The number of nitrogens with one attached hydrogen (secondary N) is 1. The molecule has 0 unspecified atom stereocenters. The largest absolute Gasteiger partial charge is 0.451 e. The summed E-state index contributed by atoms with van der Waals surface area (Å²) in [7, 11) is 0. The summed E-state index contributed by atoms with van der Waals surface area (Å²) in [5.74, 6) is -1.44. The number of carbonyl (C=O) groups excluding carboxylic acids is 4. The van der Waals surface area contributed by atoms with Crippen LogP contribution in [-0.4, -0.2) is 63.9 Å². The van der Waals surface area contributed by atoms with Crippen molar-refractivity contribution >= 4 is 23.8 Å². The van der Waals surface area contributed by atoms with Crippen molar-refractivity contribution in [3.05, 3.63) is 0 Å². The van der Waals surface area contributed by atoms with E-state index in [0.717, 1.165) is 17.7 Å². The molecular weight excluding hydrogens is 338 g/mol. The quantitative estimate of drug-likeness (QED) is 0.566. The zero-order valence-corrected chi connectivity index (χ0v) is 16.2. The molecule has 0 bridgehead atoms. The summed E-state index contributed by atoms with van der Waals surface area (Å²) in [5.41, 5.74) is -0.856. The second-order valence-electron chi connectivity index (χ2n) is 7.68. The van der Waals surface area contributed by atoms with E-state index in [1.165, 1.54) is 6.92 Å². The van der Waals surface area contributed by atoms with E-state index in [2.05, 4.69) is 5.32 Å². The Balaban J connectivity index is 1.97. The van der Waals surface area contributed by atoms with E-state index in [1.807, 2.05) is 27.7 Å². The highest BCUT2D eigenvalue weighted by molar-refractivity contribution is 6.08. The molecule has 146 valence electrons. The standard InChI is InChI=1S/C18H29N3O5/c1-11(2)21(12(3)4)15(23)13(5)26-14(22)10-20-16(24)18(19-17(20)25)8-6-7-9-18/h11-13H,6-10H2,1-5H3,(H,19,25)/t13-/m0/s1. The zero-order chi connectivity index (χ0) is 19.6. The Morgan fingerprint density at radius 2 is 1.65 bits per heavy atom. The summed E-state index contributed by atoms with van der Waals surface area (Å²) in [6.07, 6.45) is 1.95.